The molecule has 1 heteroatoms. The van der Waals surface area contributed by atoms with E-state index < -0.39 is 0 Å². The highest BCUT2D eigenvalue weighted by Gasteiger charge is 2.18. The molecule has 0 amide bonds. The molecule has 1 fully saturated rings. The van der Waals surface area contributed by atoms with Gasteiger partial charge in [-0.1, -0.05) is 32.6 Å². The van der Waals surface area contributed by atoms with Gasteiger partial charge in [0.1, 0.15) is 0 Å². The van der Waals surface area contributed by atoms with Crippen LogP contribution in [0.3, 0.4) is 0 Å². The van der Waals surface area contributed by atoms with E-state index in [4.69, 9.17) is 6.42 Å². The van der Waals surface area contributed by atoms with E-state index >= 15 is 0 Å². The third-order valence-corrected chi connectivity index (χ3v) is 2.95. The summed E-state index contributed by atoms with van der Waals surface area (Å²) in [5, 5.41) is 3.47. The summed E-state index contributed by atoms with van der Waals surface area (Å²) in [6, 6.07) is 0.568. The minimum Gasteiger partial charge on any atom is -0.313 e. The van der Waals surface area contributed by atoms with Gasteiger partial charge in [-0.15, -0.1) is 12.3 Å². The van der Waals surface area contributed by atoms with Crippen LogP contribution >= 0.6 is 0 Å². The Hall–Kier alpha value is -0.480. The van der Waals surface area contributed by atoms with E-state index in [1.807, 2.05) is 0 Å². The fraction of sp³-hybridized carbons (Fsp3) is 0.833. The van der Waals surface area contributed by atoms with E-state index in [-0.39, 0.29) is 0 Å². The Morgan fingerprint density at radius 3 is 2.69 bits per heavy atom. The second kappa shape index (κ2) is 6.05. The number of rotatable bonds is 5. The van der Waals surface area contributed by atoms with E-state index in [9.17, 15) is 0 Å². The second-order valence-corrected chi connectivity index (χ2v) is 4.05. The van der Waals surface area contributed by atoms with Crippen LogP contribution < -0.4 is 5.32 Å². The molecular formula is C12H21N. The zero-order chi connectivity index (χ0) is 9.52. The number of hydrogen-bond acceptors (Lipinski definition) is 1. The number of nitrogens with one attached hydrogen (secondary N) is 1. The summed E-state index contributed by atoms with van der Waals surface area (Å²) in [6.45, 7) is 3.19. The van der Waals surface area contributed by atoms with E-state index in [2.05, 4.69) is 18.2 Å². The second-order valence-electron chi connectivity index (χ2n) is 4.05. The van der Waals surface area contributed by atoms with Crippen molar-refractivity contribution in [1.29, 1.82) is 0 Å². The lowest BCUT2D eigenvalue weighted by Crippen LogP contribution is -2.30. The average molecular weight is 179 g/mol. The summed E-state index contributed by atoms with van der Waals surface area (Å²) in [4.78, 5) is 0. The lowest BCUT2D eigenvalue weighted by atomic mass is 9.97. The molecular weight excluding hydrogens is 158 g/mol. The highest BCUT2D eigenvalue weighted by atomic mass is 14.9. The van der Waals surface area contributed by atoms with E-state index in [0.29, 0.717) is 6.04 Å². The van der Waals surface area contributed by atoms with Crippen molar-refractivity contribution in [2.75, 3.05) is 6.54 Å². The van der Waals surface area contributed by atoms with Crippen molar-refractivity contribution < 1.29 is 0 Å². The first-order chi connectivity index (χ1) is 6.36. The Morgan fingerprint density at radius 1 is 1.46 bits per heavy atom. The molecule has 13 heavy (non-hydrogen) atoms. The summed E-state index contributed by atoms with van der Waals surface area (Å²) >= 11 is 0. The van der Waals surface area contributed by atoms with Gasteiger partial charge in [-0.2, -0.15) is 0 Å². The summed E-state index contributed by atoms with van der Waals surface area (Å²) < 4.78 is 0. The first-order valence-corrected chi connectivity index (χ1v) is 5.53. The van der Waals surface area contributed by atoms with E-state index in [1.54, 1.807) is 0 Å². The molecule has 74 valence electrons. The van der Waals surface area contributed by atoms with Crippen LogP contribution in [0, 0.1) is 18.3 Å². The van der Waals surface area contributed by atoms with Gasteiger partial charge in [0.2, 0.25) is 0 Å². The first-order valence-electron chi connectivity index (χ1n) is 5.53. The summed E-state index contributed by atoms with van der Waals surface area (Å²) in [5.41, 5.74) is 0. The summed E-state index contributed by atoms with van der Waals surface area (Å²) in [5.74, 6) is 3.71. The van der Waals surface area contributed by atoms with Gasteiger partial charge in [-0.3, -0.25) is 0 Å². The van der Waals surface area contributed by atoms with Crippen LogP contribution in [0.15, 0.2) is 0 Å². The molecule has 1 unspecified atom stereocenters. The summed E-state index contributed by atoms with van der Waals surface area (Å²) in [7, 11) is 0. The maximum Gasteiger partial charge on any atom is 0.0240 e. The van der Waals surface area contributed by atoms with Crippen LogP contribution in [0.4, 0.5) is 0 Å². The van der Waals surface area contributed by atoms with Crippen molar-refractivity contribution >= 4 is 0 Å². The Morgan fingerprint density at radius 2 is 2.15 bits per heavy atom. The Labute approximate surface area is 82.3 Å². The molecule has 1 saturated carbocycles. The minimum absolute atomic E-state index is 0.568. The quantitative estimate of drug-likeness (QED) is 0.640. The van der Waals surface area contributed by atoms with Crippen LogP contribution in [0.5, 0.6) is 0 Å². The summed E-state index contributed by atoms with van der Waals surface area (Å²) in [6.07, 6.45) is 13.2. The van der Waals surface area contributed by atoms with Gasteiger partial charge in [0, 0.05) is 12.5 Å². The van der Waals surface area contributed by atoms with E-state index in [0.717, 1.165) is 18.9 Å². The molecule has 0 radical (unpaired) electrons. The van der Waals surface area contributed by atoms with Gasteiger partial charge in [0.25, 0.3) is 0 Å². The highest BCUT2D eigenvalue weighted by molar-refractivity contribution is 4.90. The molecule has 1 nitrogen and oxygen atoms in total. The third kappa shape index (κ3) is 3.83. The number of terminal acetylenes is 1. The average Bonchev–Trinajstić information content (AvgIpc) is 2.58. The van der Waals surface area contributed by atoms with Crippen molar-refractivity contribution in [1.82, 2.24) is 5.32 Å². The molecule has 0 heterocycles. The predicted octanol–water partition coefficient (Wildman–Crippen LogP) is 2.57. The van der Waals surface area contributed by atoms with Gasteiger partial charge in [0.15, 0.2) is 0 Å². The smallest absolute Gasteiger partial charge is 0.0240 e. The third-order valence-electron chi connectivity index (χ3n) is 2.95. The zero-order valence-corrected chi connectivity index (χ0v) is 8.68. The fourth-order valence-electron chi connectivity index (χ4n) is 2.32. The molecule has 1 aliphatic carbocycles. The molecule has 0 aromatic rings. The van der Waals surface area contributed by atoms with Crippen LogP contribution in [0.1, 0.15) is 45.4 Å². The predicted molar refractivity (Wildman–Crippen MR) is 57.5 cm³/mol. The van der Waals surface area contributed by atoms with Gasteiger partial charge < -0.3 is 5.32 Å². The maximum atomic E-state index is 5.34. The zero-order valence-electron chi connectivity index (χ0n) is 8.68. The van der Waals surface area contributed by atoms with Crippen molar-refractivity contribution in [3.8, 4) is 12.3 Å². The molecule has 0 aliphatic heterocycles. The van der Waals surface area contributed by atoms with Crippen LogP contribution in [0.2, 0.25) is 0 Å². The standard InChI is InChI=1S/C12H21N/c1-3-7-12(13-4-2)10-11-8-5-6-9-11/h1,11-13H,4-10H2,2H3. The van der Waals surface area contributed by atoms with Gasteiger partial charge in [0.05, 0.1) is 0 Å². The molecule has 1 atom stereocenters. The minimum atomic E-state index is 0.568. The van der Waals surface area contributed by atoms with Gasteiger partial charge in [-0.05, 0) is 18.9 Å². The monoisotopic (exact) mass is 179 g/mol. The largest absolute Gasteiger partial charge is 0.313 e. The Balaban J connectivity index is 2.24. The molecule has 0 aromatic heterocycles. The van der Waals surface area contributed by atoms with Crippen LogP contribution in [-0.2, 0) is 0 Å². The number of hydrogen-bond donors (Lipinski definition) is 1. The van der Waals surface area contributed by atoms with Crippen molar-refractivity contribution in [2.45, 2.75) is 51.5 Å². The highest BCUT2D eigenvalue weighted by Crippen LogP contribution is 2.28. The van der Waals surface area contributed by atoms with Crippen molar-refractivity contribution in [3.05, 3.63) is 0 Å². The lowest BCUT2D eigenvalue weighted by Gasteiger charge is -2.19. The normalized spacial score (nSPS) is 20.0. The molecule has 1 rings (SSSR count). The maximum absolute atomic E-state index is 5.34. The van der Waals surface area contributed by atoms with Gasteiger partial charge >= 0.3 is 0 Å². The molecule has 1 N–H and O–H groups in total. The molecule has 1 aliphatic rings. The first kappa shape index (κ1) is 10.6. The Bertz CT molecular complexity index is 162. The lowest BCUT2D eigenvalue weighted by molar-refractivity contribution is 0.397. The molecule has 0 aromatic carbocycles. The molecule has 0 saturated heterocycles. The fourth-order valence-corrected chi connectivity index (χ4v) is 2.32. The van der Waals surface area contributed by atoms with Gasteiger partial charge in [-0.25, -0.2) is 0 Å². The van der Waals surface area contributed by atoms with E-state index in [1.165, 1.54) is 32.1 Å². The van der Waals surface area contributed by atoms with Crippen molar-refractivity contribution in [3.63, 3.8) is 0 Å². The molecule has 0 spiro atoms. The SMILES string of the molecule is C#CCC(CC1CCCC1)NCC. The van der Waals surface area contributed by atoms with Crippen LogP contribution in [-0.4, -0.2) is 12.6 Å². The topological polar surface area (TPSA) is 12.0 Å². The van der Waals surface area contributed by atoms with Crippen LogP contribution in [0.25, 0.3) is 0 Å². The molecule has 0 bridgehead atoms. The Kier molecular flexibility index (Phi) is 4.93. The van der Waals surface area contributed by atoms with Crippen molar-refractivity contribution in [2.24, 2.45) is 5.92 Å².